The smallest absolute Gasteiger partial charge is 0.308 e. The van der Waals surface area contributed by atoms with Crippen LogP contribution in [0.15, 0.2) is 18.2 Å². The number of esters is 1. The maximum Gasteiger partial charge on any atom is 0.308 e. The van der Waals surface area contributed by atoms with Crippen LogP contribution >= 0.6 is 0 Å². The molecular weight excluding hydrogens is 250 g/mol. The lowest BCUT2D eigenvalue weighted by Crippen LogP contribution is -2.06. The van der Waals surface area contributed by atoms with E-state index in [1.54, 1.807) is 12.1 Å². The van der Waals surface area contributed by atoms with Gasteiger partial charge in [-0.25, -0.2) is 0 Å². The second kappa shape index (κ2) is 6.44. The van der Waals surface area contributed by atoms with Crippen molar-refractivity contribution in [1.82, 2.24) is 0 Å². The van der Waals surface area contributed by atoms with Gasteiger partial charge in [0.2, 0.25) is 11.7 Å². The molecule has 0 radical (unpaired) electrons. The number of amides is 1. The Balaban J connectivity index is 3.26. The average Bonchev–Trinajstić information content (AvgIpc) is 2.36. The third-order valence-electron chi connectivity index (χ3n) is 2.17. The number of carbonyl (C=O) groups is 2. The zero-order valence-electron chi connectivity index (χ0n) is 10.9. The summed E-state index contributed by atoms with van der Waals surface area (Å²) in [6, 6.07) is 3.19. The van der Waals surface area contributed by atoms with Crippen LogP contribution in [-0.2, 0) is 9.59 Å². The molecule has 0 unspecified atom stereocenters. The standard InChI is InChI=1S/C13H15NO5/c1-8(15)19-13-10(17-2)6-9(4-5-12(14)16)7-11(13)18-3/h4-7H,1-3H3,(H2,14,16)/b5-4-. The summed E-state index contributed by atoms with van der Waals surface area (Å²) in [5, 5.41) is 0. The van der Waals surface area contributed by atoms with Crippen LogP contribution in [0.4, 0.5) is 0 Å². The fourth-order valence-electron chi connectivity index (χ4n) is 1.42. The number of primary amides is 1. The Morgan fingerprint density at radius 3 is 2.05 bits per heavy atom. The van der Waals surface area contributed by atoms with Crippen LogP contribution in [-0.4, -0.2) is 26.1 Å². The number of rotatable bonds is 5. The molecule has 0 fully saturated rings. The van der Waals surface area contributed by atoms with E-state index in [2.05, 4.69) is 0 Å². The van der Waals surface area contributed by atoms with E-state index in [1.165, 1.54) is 33.3 Å². The number of methoxy groups -OCH3 is 2. The van der Waals surface area contributed by atoms with Gasteiger partial charge in [-0.1, -0.05) is 0 Å². The van der Waals surface area contributed by atoms with Crippen molar-refractivity contribution in [3.63, 3.8) is 0 Å². The molecule has 1 rings (SSSR count). The van der Waals surface area contributed by atoms with Crippen molar-refractivity contribution in [2.75, 3.05) is 14.2 Å². The molecule has 1 aromatic carbocycles. The molecule has 19 heavy (non-hydrogen) atoms. The Morgan fingerprint density at radius 1 is 1.16 bits per heavy atom. The Kier molecular flexibility index (Phi) is 4.93. The topological polar surface area (TPSA) is 87.8 Å². The van der Waals surface area contributed by atoms with Crippen molar-refractivity contribution >= 4 is 18.0 Å². The highest BCUT2D eigenvalue weighted by Gasteiger charge is 2.15. The maximum atomic E-state index is 11.0. The van der Waals surface area contributed by atoms with Crippen LogP contribution in [0.5, 0.6) is 17.2 Å². The van der Waals surface area contributed by atoms with E-state index >= 15 is 0 Å². The van der Waals surface area contributed by atoms with E-state index < -0.39 is 11.9 Å². The Bertz CT molecular complexity index is 497. The van der Waals surface area contributed by atoms with Gasteiger partial charge in [-0.2, -0.15) is 0 Å². The number of hydrogen-bond acceptors (Lipinski definition) is 5. The van der Waals surface area contributed by atoms with Gasteiger partial charge in [0.1, 0.15) is 0 Å². The number of ether oxygens (including phenoxy) is 3. The minimum Gasteiger partial charge on any atom is -0.493 e. The zero-order chi connectivity index (χ0) is 14.4. The number of hydrogen-bond donors (Lipinski definition) is 1. The average molecular weight is 265 g/mol. The summed E-state index contributed by atoms with van der Waals surface area (Å²) >= 11 is 0. The summed E-state index contributed by atoms with van der Waals surface area (Å²) in [7, 11) is 2.87. The van der Waals surface area contributed by atoms with Gasteiger partial charge in [0.05, 0.1) is 14.2 Å². The second-order valence-corrected chi connectivity index (χ2v) is 3.58. The summed E-state index contributed by atoms with van der Waals surface area (Å²) in [6.45, 7) is 1.28. The summed E-state index contributed by atoms with van der Waals surface area (Å²) < 4.78 is 15.3. The van der Waals surface area contributed by atoms with E-state index in [9.17, 15) is 9.59 Å². The maximum absolute atomic E-state index is 11.0. The highest BCUT2D eigenvalue weighted by Crippen LogP contribution is 2.38. The molecule has 0 saturated carbocycles. The SMILES string of the molecule is COc1cc(/C=C\C(N)=O)cc(OC)c1OC(C)=O. The van der Waals surface area contributed by atoms with Gasteiger partial charge in [0.15, 0.2) is 11.5 Å². The van der Waals surface area contributed by atoms with Gasteiger partial charge >= 0.3 is 5.97 Å². The van der Waals surface area contributed by atoms with E-state index in [4.69, 9.17) is 19.9 Å². The lowest BCUT2D eigenvalue weighted by Gasteiger charge is -2.13. The fourth-order valence-corrected chi connectivity index (χ4v) is 1.42. The highest BCUT2D eigenvalue weighted by molar-refractivity contribution is 5.90. The summed E-state index contributed by atoms with van der Waals surface area (Å²) in [6.07, 6.45) is 2.71. The normalized spacial score (nSPS) is 10.3. The summed E-state index contributed by atoms with van der Waals surface area (Å²) in [5.74, 6) is -0.231. The first-order valence-electron chi connectivity index (χ1n) is 5.40. The van der Waals surface area contributed by atoms with Crippen molar-refractivity contribution in [2.24, 2.45) is 5.73 Å². The third kappa shape index (κ3) is 4.02. The van der Waals surface area contributed by atoms with Gasteiger partial charge in [0, 0.05) is 13.0 Å². The van der Waals surface area contributed by atoms with Gasteiger partial charge < -0.3 is 19.9 Å². The lowest BCUT2D eigenvalue weighted by molar-refractivity contribution is -0.132. The monoisotopic (exact) mass is 265 g/mol. The molecule has 0 saturated heterocycles. The van der Waals surface area contributed by atoms with Crippen molar-refractivity contribution in [2.45, 2.75) is 6.92 Å². The van der Waals surface area contributed by atoms with Crippen LogP contribution < -0.4 is 19.9 Å². The van der Waals surface area contributed by atoms with E-state index in [0.29, 0.717) is 17.1 Å². The van der Waals surface area contributed by atoms with E-state index in [-0.39, 0.29) is 5.75 Å². The molecule has 0 aliphatic rings. The van der Waals surface area contributed by atoms with E-state index in [0.717, 1.165) is 0 Å². The quantitative estimate of drug-likeness (QED) is 0.490. The zero-order valence-corrected chi connectivity index (χ0v) is 10.9. The van der Waals surface area contributed by atoms with Crippen molar-refractivity contribution in [3.8, 4) is 17.2 Å². The van der Waals surface area contributed by atoms with Crippen LogP contribution in [0.3, 0.4) is 0 Å². The molecular formula is C13H15NO5. The van der Waals surface area contributed by atoms with Crippen LogP contribution in [0.2, 0.25) is 0 Å². The van der Waals surface area contributed by atoms with Gasteiger partial charge in [-0.3, -0.25) is 9.59 Å². The van der Waals surface area contributed by atoms with Crippen molar-refractivity contribution in [1.29, 1.82) is 0 Å². The molecule has 0 bridgehead atoms. The van der Waals surface area contributed by atoms with Crippen LogP contribution in [0.1, 0.15) is 12.5 Å². The first kappa shape index (κ1) is 14.6. The van der Waals surface area contributed by atoms with Crippen molar-refractivity contribution in [3.05, 3.63) is 23.8 Å². The van der Waals surface area contributed by atoms with Crippen molar-refractivity contribution < 1.29 is 23.8 Å². The Morgan fingerprint density at radius 2 is 1.68 bits per heavy atom. The molecule has 6 nitrogen and oxygen atoms in total. The number of benzene rings is 1. The van der Waals surface area contributed by atoms with Crippen LogP contribution in [0, 0.1) is 0 Å². The molecule has 2 N–H and O–H groups in total. The largest absolute Gasteiger partial charge is 0.493 e. The second-order valence-electron chi connectivity index (χ2n) is 3.58. The van der Waals surface area contributed by atoms with Gasteiger partial charge in [-0.05, 0) is 23.8 Å². The summed E-state index contributed by atoms with van der Waals surface area (Å²) in [5.41, 5.74) is 5.65. The third-order valence-corrected chi connectivity index (χ3v) is 2.17. The van der Waals surface area contributed by atoms with Gasteiger partial charge in [-0.15, -0.1) is 0 Å². The fraction of sp³-hybridized carbons (Fsp3) is 0.231. The molecule has 0 aromatic heterocycles. The molecule has 0 atom stereocenters. The summed E-state index contributed by atoms with van der Waals surface area (Å²) in [4.78, 5) is 21.7. The Labute approximate surface area is 110 Å². The molecule has 0 spiro atoms. The molecule has 1 aromatic rings. The predicted octanol–water partition coefficient (Wildman–Crippen LogP) is 1.13. The number of carbonyl (C=O) groups excluding carboxylic acids is 2. The highest BCUT2D eigenvalue weighted by atomic mass is 16.6. The molecule has 1 amide bonds. The molecule has 6 heteroatoms. The number of nitrogens with two attached hydrogens (primary N) is 1. The Hall–Kier alpha value is -2.50. The minimum atomic E-state index is -0.568. The lowest BCUT2D eigenvalue weighted by atomic mass is 10.1. The molecule has 102 valence electrons. The first-order chi connectivity index (χ1) is 8.97. The van der Waals surface area contributed by atoms with Gasteiger partial charge in [0.25, 0.3) is 0 Å². The van der Waals surface area contributed by atoms with Crippen LogP contribution in [0.25, 0.3) is 6.08 Å². The predicted molar refractivity (Wildman–Crippen MR) is 69.1 cm³/mol. The first-order valence-corrected chi connectivity index (χ1v) is 5.40. The molecule has 0 aliphatic carbocycles. The van der Waals surface area contributed by atoms with E-state index in [1.807, 2.05) is 0 Å². The molecule has 0 heterocycles. The minimum absolute atomic E-state index is 0.189. The molecule has 0 aliphatic heterocycles.